The number of hydrogen-bond acceptors (Lipinski definition) is 7. The molecule has 1 fully saturated rings. The predicted octanol–water partition coefficient (Wildman–Crippen LogP) is 4.21. The summed E-state index contributed by atoms with van der Waals surface area (Å²) in [5.41, 5.74) is 2.22. The number of ether oxygens (including phenoxy) is 1. The van der Waals surface area contributed by atoms with Crippen molar-refractivity contribution in [1.82, 2.24) is 15.5 Å². The Morgan fingerprint density at radius 2 is 1.54 bits per heavy atom. The van der Waals surface area contributed by atoms with Crippen LogP contribution in [0.25, 0.3) is 0 Å². The van der Waals surface area contributed by atoms with Crippen molar-refractivity contribution in [3.05, 3.63) is 132 Å². The fourth-order valence-corrected chi connectivity index (χ4v) is 6.71. The number of nitrogens with zero attached hydrogens (tertiary/aromatic N) is 1. The van der Waals surface area contributed by atoms with Crippen molar-refractivity contribution in [3.63, 3.8) is 0 Å². The molecule has 10 nitrogen and oxygen atoms in total. The molecule has 2 unspecified atom stereocenters. The molecule has 2 aliphatic heterocycles. The van der Waals surface area contributed by atoms with Gasteiger partial charge in [-0.05, 0) is 41.7 Å². The van der Waals surface area contributed by atoms with E-state index in [4.69, 9.17) is 4.74 Å². The van der Waals surface area contributed by atoms with E-state index in [1.165, 1.54) is 22.7 Å². The van der Waals surface area contributed by atoms with Crippen molar-refractivity contribution in [2.75, 3.05) is 5.75 Å². The van der Waals surface area contributed by atoms with E-state index in [0.29, 0.717) is 16.9 Å². The molecule has 0 bridgehead atoms. The monoisotopic (exact) mass is 639 g/mol. The summed E-state index contributed by atoms with van der Waals surface area (Å²) in [6.07, 6.45) is 0.962. The van der Waals surface area contributed by atoms with Crippen LogP contribution in [-0.4, -0.2) is 62.9 Å². The highest BCUT2D eigenvalue weighted by molar-refractivity contribution is 8.00. The molecule has 3 aromatic rings. The first kappa shape index (κ1) is 32.2. The van der Waals surface area contributed by atoms with Gasteiger partial charge in [0.1, 0.15) is 23.2 Å². The zero-order chi connectivity index (χ0) is 32.6. The highest BCUT2D eigenvalue weighted by Crippen LogP contribution is 2.40. The van der Waals surface area contributed by atoms with Crippen molar-refractivity contribution >= 4 is 41.4 Å². The molecule has 46 heavy (non-hydrogen) atoms. The molecule has 0 saturated carbocycles. The van der Waals surface area contributed by atoms with Crippen LogP contribution in [-0.2, 0) is 23.9 Å². The smallest absolute Gasteiger partial charge is 0.352 e. The number of allylic oxidation sites excluding steroid dienone is 1. The standard InChI is InChI=1S/C35H33N3O7S/c1-2-22-21-46-33-28(32(41)38(33)29(22)34(42)43)37-27(39)20-12-19-26(36-31(40)25-17-10-5-11-18-25)35(44)45-30(23-13-6-3-7-14-23)24-15-8-4-9-16-24/h2-11,13-18,26,28,30,33H,1,12,19-21H2,(H,36,40)(H,37,39)(H,42,43)/t26?,28?,33-/m1/s1. The molecule has 3 aromatic carbocycles. The lowest BCUT2D eigenvalue weighted by Gasteiger charge is -2.49. The maximum absolute atomic E-state index is 13.7. The summed E-state index contributed by atoms with van der Waals surface area (Å²) in [5.74, 6) is -2.93. The number of carbonyl (C=O) groups is 5. The number of carbonyl (C=O) groups excluding carboxylic acids is 4. The van der Waals surface area contributed by atoms with E-state index in [2.05, 4.69) is 17.2 Å². The van der Waals surface area contributed by atoms with Gasteiger partial charge in [0, 0.05) is 17.7 Å². The molecule has 0 aliphatic carbocycles. The number of thioether (sulfide) groups is 1. The van der Waals surface area contributed by atoms with Crippen molar-refractivity contribution in [2.45, 2.75) is 42.8 Å². The van der Waals surface area contributed by atoms with Gasteiger partial charge in [-0.2, -0.15) is 0 Å². The summed E-state index contributed by atoms with van der Waals surface area (Å²) in [6, 6.07) is 25.1. The molecule has 3 N–H and O–H groups in total. The van der Waals surface area contributed by atoms with Gasteiger partial charge in [-0.3, -0.25) is 19.3 Å². The summed E-state index contributed by atoms with van der Waals surface area (Å²) >= 11 is 1.35. The van der Waals surface area contributed by atoms with Gasteiger partial charge in [-0.1, -0.05) is 91.5 Å². The quantitative estimate of drug-likeness (QED) is 0.187. The minimum absolute atomic E-state index is 0.0352. The van der Waals surface area contributed by atoms with Crippen LogP contribution in [0.1, 0.15) is 46.9 Å². The molecule has 3 atom stereocenters. The Bertz CT molecular complexity index is 1610. The maximum atomic E-state index is 13.7. The molecule has 2 aliphatic rings. The zero-order valence-corrected chi connectivity index (χ0v) is 25.7. The fraction of sp³-hybridized carbons (Fsp3) is 0.229. The second-order valence-electron chi connectivity index (χ2n) is 10.8. The van der Waals surface area contributed by atoms with Crippen LogP contribution in [0.5, 0.6) is 0 Å². The lowest BCUT2D eigenvalue weighted by molar-refractivity contribution is -0.151. The molecule has 0 aromatic heterocycles. The highest BCUT2D eigenvalue weighted by Gasteiger charge is 2.53. The minimum Gasteiger partial charge on any atom is -0.477 e. The molecule has 0 spiro atoms. The molecule has 0 radical (unpaired) electrons. The van der Waals surface area contributed by atoms with E-state index >= 15 is 0 Å². The second-order valence-corrected chi connectivity index (χ2v) is 11.9. The zero-order valence-electron chi connectivity index (χ0n) is 24.8. The van der Waals surface area contributed by atoms with E-state index in [0.717, 1.165) is 11.1 Å². The summed E-state index contributed by atoms with van der Waals surface area (Å²) in [4.78, 5) is 65.4. The van der Waals surface area contributed by atoms with Crippen LogP contribution in [0, 0.1) is 0 Å². The molecule has 5 rings (SSSR count). The molecule has 1 saturated heterocycles. The first-order chi connectivity index (χ1) is 22.3. The Balaban J connectivity index is 1.25. The normalized spacial score (nSPS) is 17.8. The number of hydrogen-bond donors (Lipinski definition) is 3. The lowest BCUT2D eigenvalue weighted by atomic mass is 10.0. The summed E-state index contributed by atoms with van der Waals surface area (Å²) in [7, 11) is 0. The Hall–Kier alpha value is -5.16. The maximum Gasteiger partial charge on any atom is 0.352 e. The molecule has 3 amide bonds. The Labute approximate surface area is 270 Å². The van der Waals surface area contributed by atoms with Gasteiger partial charge < -0.3 is 20.5 Å². The first-order valence-corrected chi connectivity index (χ1v) is 15.8. The van der Waals surface area contributed by atoms with E-state index in [-0.39, 0.29) is 25.0 Å². The van der Waals surface area contributed by atoms with Crippen molar-refractivity contribution in [2.24, 2.45) is 0 Å². The van der Waals surface area contributed by atoms with Gasteiger partial charge in [0.25, 0.3) is 11.8 Å². The Morgan fingerprint density at radius 3 is 2.11 bits per heavy atom. The summed E-state index contributed by atoms with van der Waals surface area (Å²) < 4.78 is 6.02. The second kappa shape index (κ2) is 14.7. The minimum atomic E-state index is -1.23. The number of carboxylic acid groups (broad SMARTS) is 1. The number of amides is 3. The summed E-state index contributed by atoms with van der Waals surface area (Å²) in [5, 5.41) is 14.6. The molecule has 236 valence electrons. The van der Waals surface area contributed by atoms with Crippen LogP contribution < -0.4 is 10.6 Å². The third-order valence-electron chi connectivity index (χ3n) is 7.72. The molecular weight excluding hydrogens is 606 g/mol. The van der Waals surface area contributed by atoms with Crippen molar-refractivity contribution in [1.29, 1.82) is 0 Å². The van der Waals surface area contributed by atoms with Gasteiger partial charge in [0.05, 0.1) is 0 Å². The number of rotatable bonds is 13. The lowest BCUT2D eigenvalue weighted by Crippen LogP contribution is -2.70. The van der Waals surface area contributed by atoms with Gasteiger partial charge in [-0.25, -0.2) is 9.59 Å². The number of benzene rings is 3. The van der Waals surface area contributed by atoms with E-state index < -0.39 is 53.2 Å². The van der Waals surface area contributed by atoms with E-state index in [1.807, 2.05) is 60.7 Å². The number of esters is 1. The third kappa shape index (κ3) is 7.21. The Kier molecular flexibility index (Phi) is 10.3. The van der Waals surface area contributed by atoms with E-state index in [1.54, 1.807) is 30.3 Å². The van der Waals surface area contributed by atoms with Crippen LogP contribution in [0.4, 0.5) is 0 Å². The summed E-state index contributed by atoms with van der Waals surface area (Å²) in [6.45, 7) is 3.63. The number of aliphatic carboxylic acids is 1. The number of fused-ring (bicyclic) bond motifs is 1. The molecular formula is C35H33N3O7S. The Morgan fingerprint density at radius 1 is 0.957 bits per heavy atom. The average molecular weight is 640 g/mol. The predicted molar refractivity (Wildman–Crippen MR) is 172 cm³/mol. The van der Waals surface area contributed by atoms with Crippen LogP contribution in [0.2, 0.25) is 0 Å². The largest absolute Gasteiger partial charge is 0.477 e. The molecule has 2 heterocycles. The van der Waals surface area contributed by atoms with Gasteiger partial charge in [0.2, 0.25) is 5.91 Å². The topological polar surface area (TPSA) is 142 Å². The highest BCUT2D eigenvalue weighted by atomic mass is 32.2. The van der Waals surface area contributed by atoms with Gasteiger partial charge in [-0.15, -0.1) is 11.8 Å². The average Bonchev–Trinajstić information content (AvgIpc) is 3.09. The van der Waals surface area contributed by atoms with Crippen molar-refractivity contribution in [3.8, 4) is 0 Å². The van der Waals surface area contributed by atoms with E-state index in [9.17, 15) is 29.1 Å². The number of carboxylic acids is 1. The van der Waals surface area contributed by atoms with Gasteiger partial charge in [0.15, 0.2) is 6.10 Å². The number of nitrogens with one attached hydrogen (secondary N) is 2. The fourth-order valence-electron chi connectivity index (χ4n) is 5.37. The van der Waals surface area contributed by atoms with Crippen LogP contribution in [0.3, 0.4) is 0 Å². The third-order valence-corrected chi connectivity index (χ3v) is 9.03. The van der Waals surface area contributed by atoms with Crippen LogP contribution in [0.15, 0.2) is 115 Å². The van der Waals surface area contributed by atoms with Crippen molar-refractivity contribution < 1.29 is 33.8 Å². The SMILES string of the molecule is C=CC1=C(C(=O)O)N2C(=O)C(NC(=O)CCCC(NC(=O)c3ccccc3)C(=O)OC(c3ccccc3)c3ccccc3)[C@H]2SC1. The van der Waals surface area contributed by atoms with Crippen LogP contribution >= 0.6 is 11.8 Å². The number of β-lactam (4-membered cyclic amide) rings is 1. The first-order valence-electron chi connectivity index (χ1n) is 14.8. The molecule has 11 heteroatoms. The van der Waals surface area contributed by atoms with Gasteiger partial charge >= 0.3 is 11.9 Å².